The highest BCUT2D eigenvalue weighted by Gasteiger charge is 2.13. The van der Waals surface area contributed by atoms with Crippen LogP contribution >= 0.6 is 0 Å². The molecule has 0 spiro atoms. The van der Waals surface area contributed by atoms with Crippen molar-refractivity contribution in [2.24, 2.45) is 0 Å². The fraction of sp³-hybridized carbons (Fsp3) is 0.800. The van der Waals surface area contributed by atoms with E-state index in [-0.39, 0.29) is 0 Å². The summed E-state index contributed by atoms with van der Waals surface area (Å²) in [7, 11) is 4.27. The summed E-state index contributed by atoms with van der Waals surface area (Å²) in [5, 5.41) is 8.20. The smallest absolute Gasteiger partial charge is 0.0596 e. The summed E-state index contributed by atoms with van der Waals surface area (Å²) < 4.78 is 2.13. The van der Waals surface area contributed by atoms with E-state index in [1.54, 1.807) is 0 Å². The average Bonchev–Trinajstić information content (AvgIpc) is 2.72. The molecule has 0 radical (unpaired) electrons. The average molecular weight is 266 g/mol. The molecule has 1 heterocycles. The van der Waals surface area contributed by atoms with Crippen LogP contribution in [0.4, 0.5) is 0 Å². The molecule has 1 aromatic heterocycles. The fourth-order valence-electron chi connectivity index (χ4n) is 2.33. The van der Waals surface area contributed by atoms with Crippen molar-refractivity contribution in [2.45, 2.75) is 52.6 Å². The number of aryl methyl sites for hydroxylation is 2. The number of rotatable bonds is 9. The summed E-state index contributed by atoms with van der Waals surface area (Å²) in [5.41, 5.74) is 2.48. The molecule has 1 unspecified atom stereocenters. The van der Waals surface area contributed by atoms with Crippen LogP contribution in [0.2, 0.25) is 0 Å². The second-order valence-electron chi connectivity index (χ2n) is 5.54. The quantitative estimate of drug-likeness (QED) is 0.743. The van der Waals surface area contributed by atoms with Crippen molar-refractivity contribution < 1.29 is 0 Å². The highest BCUT2D eigenvalue weighted by Crippen LogP contribution is 2.09. The van der Waals surface area contributed by atoms with Crippen LogP contribution in [-0.4, -0.2) is 47.9 Å². The second-order valence-corrected chi connectivity index (χ2v) is 5.54. The monoisotopic (exact) mass is 266 g/mol. The Morgan fingerprint density at radius 2 is 2.11 bits per heavy atom. The van der Waals surface area contributed by atoms with Crippen LogP contribution in [0.15, 0.2) is 6.07 Å². The first-order valence-electron chi connectivity index (χ1n) is 7.48. The van der Waals surface area contributed by atoms with Crippen molar-refractivity contribution in [3.05, 3.63) is 17.5 Å². The van der Waals surface area contributed by atoms with Gasteiger partial charge in [0.05, 0.1) is 5.69 Å². The predicted octanol–water partition coefficient (Wildman–Crippen LogP) is 2.07. The maximum atomic E-state index is 4.54. The van der Waals surface area contributed by atoms with Gasteiger partial charge in [0.15, 0.2) is 0 Å². The van der Waals surface area contributed by atoms with Gasteiger partial charge >= 0.3 is 0 Å². The van der Waals surface area contributed by atoms with Gasteiger partial charge < -0.3 is 10.2 Å². The standard InChI is InChI=1S/C15H30N4/c1-6-9-16-14(8-10-18(4)5)12-15-11-13(3)17-19(15)7-2/h11,14,16H,6-10,12H2,1-5H3. The molecule has 0 aliphatic rings. The number of hydrogen-bond donors (Lipinski definition) is 1. The van der Waals surface area contributed by atoms with E-state index in [1.165, 1.54) is 18.5 Å². The zero-order chi connectivity index (χ0) is 14.3. The number of nitrogens with one attached hydrogen (secondary N) is 1. The molecule has 0 aliphatic carbocycles. The van der Waals surface area contributed by atoms with E-state index >= 15 is 0 Å². The van der Waals surface area contributed by atoms with Crippen LogP contribution in [0.3, 0.4) is 0 Å². The minimum atomic E-state index is 0.545. The first-order valence-corrected chi connectivity index (χ1v) is 7.48. The van der Waals surface area contributed by atoms with Gasteiger partial charge in [0.25, 0.3) is 0 Å². The fourth-order valence-corrected chi connectivity index (χ4v) is 2.33. The largest absolute Gasteiger partial charge is 0.314 e. The Kier molecular flexibility index (Phi) is 7.10. The highest BCUT2D eigenvalue weighted by atomic mass is 15.3. The summed E-state index contributed by atoms with van der Waals surface area (Å²) in [6.45, 7) is 9.62. The van der Waals surface area contributed by atoms with E-state index < -0.39 is 0 Å². The summed E-state index contributed by atoms with van der Waals surface area (Å²) in [6, 6.07) is 2.77. The van der Waals surface area contributed by atoms with Gasteiger partial charge in [-0.1, -0.05) is 6.92 Å². The third kappa shape index (κ3) is 5.74. The van der Waals surface area contributed by atoms with Crippen molar-refractivity contribution >= 4 is 0 Å². The van der Waals surface area contributed by atoms with E-state index in [0.29, 0.717) is 6.04 Å². The highest BCUT2D eigenvalue weighted by molar-refractivity contribution is 5.10. The molecule has 19 heavy (non-hydrogen) atoms. The number of nitrogens with zero attached hydrogens (tertiary/aromatic N) is 3. The Labute approximate surface area is 118 Å². The first kappa shape index (κ1) is 16.2. The Morgan fingerprint density at radius 1 is 1.37 bits per heavy atom. The molecule has 0 bridgehead atoms. The molecule has 4 heteroatoms. The Hall–Kier alpha value is -0.870. The van der Waals surface area contributed by atoms with Gasteiger partial charge in [-0.15, -0.1) is 0 Å². The van der Waals surface area contributed by atoms with Crippen LogP contribution in [-0.2, 0) is 13.0 Å². The lowest BCUT2D eigenvalue weighted by Gasteiger charge is -2.21. The number of hydrogen-bond acceptors (Lipinski definition) is 3. The van der Waals surface area contributed by atoms with Crippen LogP contribution in [0.5, 0.6) is 0 Å². The zero-order valence-electron chi connectivity index (χ0n) is 13.2. The van der Waals surface area contributed by atoms with Crippen LogP contribution < -0.4 is 5.32 Å². The molecule has 110 valence electrons. The van der Waals surface area contributed by atoms with Gasteiger partial charge in [0, 0.05) is 24.7 Å². The molecular formula is C15H30N4. The Morgan fingerprint density at radius 3 is 2.68 bits per heavy atom. The van der Waals surface area contributed by atoms with Crippen molar-refractivity contribution in [3.63, 3.8) is 0 Å². The van der Waals surface area contributed by atoms with Gasteiger partial charge in [0.1, 0.15) is 0 Å². The lowest BCUT2D eigenvalue weighted by molar-refractivity contribution is 0.353. The lowest BCUT2D eigenvalue weighted by Crippen LogP contribution is -2.35. The molecule has 4 nitrogen and oxygen atoms in total. The van der Waals surface area contributed by atoms with Gasteiger partial charge in [-0.05, 0) is 59.9 Å². The van der Waals surface area contributed by atoms with Crippen molar-refractivity contribution in [2.75, 3.05) is 27.2 Å². The molecule has 1 aromatic rings. The molecule has 0 aromatic carbocycles. The molecule has 1 rings (SSSR count). The van der Waals surface area contributed by atoms with Gasteiger partial charge in [-0.3, -0.25) is 4.68 Å². The molecule has 0 aliphatic heterocycles. The normalized spacial score (nSPS) is 13.2. The van der Waals surface area contributed by atoms with Crippen molar-refractivity contribution in [1.82, 2.24) is 20.0 Å². The minimum Gasteiger partial charge on any atom is -0.314 e. The van der Waals surface area contributed by atoms with Gasteiger partial charge in [-0.25, -0.2) is 0 Å². The third-order valence-corrected chi connectivity index (χ3v) is 3.35. The van der Waals surface area contributed by atoms with Gasteiger partial charge in [-0.2, -0.15) is 5.10 Å². The summed E-state index contributed by atoms with van der Waals surface area (Å²) >= 11 is 0. The van der Waals surface area contributed by atoms with E-state index in [4.69, 9.17) is 0 Å². The summed E-state index contributed by atoms with van der Waals surface area (Å²) in [4.78, 5) is 2.25. The van der Waals surface area contributed by atoms with Crippen molar-refractivity contribution in [1.29, 1.82) is 0 Å². The van der Waals surface area contributed by atoms with E-state index in [9.17, 15) is 0 Å². The molecule has 0 saturated carbocycles. The van der Waals surface area contributed by atoms with Crippen LogP contribution in [0, 0.1) is 6.92 Å². The maximum Gasteiger partial charge on any atom is 0.0596 e. The zero-order valence-corrected chi connectivity index (χ0v) is 13.2. The van der Waals surface area contributed by atoms with Crippen molar-refractivity contribution in [3.8, 4) is 0 Å². The SMILES string of the molecule is CCCNC(CCN(C)C)Cc1cc(C)nn1CC. The van der Waals surface area contributed by atoms with Crippen LogP contribution in [0.1, 0.15) is 38.1 Å². The van der Waals surface area contributed by atoms with E-state index in [1.807, 2.05) is 0 Å². The summed E-state index contributed by atoms with van der Waals surface area (Å²) in [6.07, 6.45) is 3.44. The van der Waals surface area contributed by atoms with Gasteiger partial charge in [0.2, 0.25) is 0 Å². The molecule has 0 amide bonds. The number of aromatic nitrogens is 2. The third-order valence-electron chi connectivity index (χ3n) is 3.35. The topological polar surface area (TPSA) is 33.1 Å². The molecule has 0 fully saturated rings. The predicted molar refractivity (Wildman–Crippen MR) is 81.6 cm³/mol. The van der Waals surface area contributed by atoms with E-state index in [2.05, 4.69) is 60.9 Å². The summed E-state index contributed by atoms with van der Waals surface area (Å²) in [5.74, 6) is 0. The minimum absolute atomic E-state index is 0.545. The molecule has 0 saturated heterocycles. The first-order chi connectivity index (χ1) is 9.06. The molecule has 1 N–H and O–H groups in total. The second kappa shape index (κ2) is 8.33. The Balaban J connectivity index is 2.63. The lowest BCUT2D eigenvalue weighted by atomic mass is 10.1. The maximum absolute atomic E-state index is 4.54. The van der Waals surface area contributed by atoms with E-state index in [0.717, 1.165) is 31.7 Å². The van der Waals surface area contributed by atoms with Crippen LogP contribution in [0.25, 0.3) is 0 Å². The molecule has 1 atom stereocenters. The Bertz CT molecular complexity index is 357. The molecular weight excluding hydrogens is 236 g/mol.